The Morgan fingerprint density at radius 1 is 1.47 bits per heavy atom. The molecule has 0 aromatic heterocycles. The fourth-order valence-corrected chi connectivity index (χ4v) is 1.87. The second-order valence-electron chi connectivity index (χ2n) is 3.65. The zero-order chi connectivity index (χ0) is 14.3. The van der Waals surface area contributed by atoms with Crippen molar-refractivity contribution in [1.29, 1.82) is 0 Å². The molecule has 1 aromatic rings. The van der Waals surface area contributed by atoms with Crippen molar-refractivity contribution in [2.24, 2.45) is 0 Å². The van der Waals surface area contributed by atoms with Gasteiger partial charge in [0, 0.05) is 6.92 Å². The Kier molecular flexibility index (Phi) is 5.98. The molecule has 1 aromatic carbocycles. The number of methoxy groups -OCH3 is 1. The van der Waals surface area contributed by atoms with E-state index >= 15 is 0 Å². The molecule has 0 aliphatic heterocycles. The van der Waals surface area contributed by atoms with Crippen molar-refractivity contribution >= 4 is 13.7 Å². The summed E-state index contributed by atoms with van der Waals surface area (Å²) in [7, 11) is -2.71. The van der Waals surface area contributed by atoms with Crippen molar-refractivity contribution in [3.8, 4) is 5.75 Å². The number of phosphoric acid groups is 1. The number of hydrogen-bond acceptors (Lipinski definition) is 5. The molecule has 7 nitrogen and oxygen atoms in total. The van der Waals surface area contributed by atoms with Crippen LogP contribution in [0.15, 0.2) is 24.3 Å². The summed E-state index contributed by atoms with van der Waals surface area (Å²) in [4.78, 5) is 19.7. The lowest BCUT2D eigenvalue weighted by atomic mass is 10.1. The molecule has 19 heavy (non-hydrogen) atoms. The molecule has 0 spiro atoms. The third kappa shape index (κ3) is 6.35. The van der Waals surface area contributed by atoms with Gasteiger partial charge in [0.15, 0.2) is 0 Å². The molecule has 0 heterocycles. The highest BCUT2D eigenvalue weighted by Crippen LogP contribution is 2.41. The Labute approximate surface area is 111 Å². The van der Waals surface area contributed by atoms with Crippen molar-refractivity contribution in [3.05, 3.63) is 29.8 Å². The first-order valence-electron chi connectivity index (χ1n) is 5.48. The van der Waals surface area contributed by atoms with Gasteiger partial charge in [-0.1, -0.05) is 12.1 Å². The van der Waals surface area contributed by atoms with E-state index in [-0.39, 0.29) is 6.61 Å². The van der Waals surface area contributed by atoms with Gasteiger partial charge in [-0.15, -0.1) is 0 Å². The number of nitrogens with one attached hydrogen (secondary N) is 1. The molecule has 0 saturated carbocycles. The van der Waals surface area contributed by atoms with E-state index in [1.807, 2.05) is 6.07 Å². The summed E-state index contributed by atoms with van der Waals surface area (Å²) in [6.45, 7) is 1.12. The van der Waals surface area contributed by atoms with E-state index < -0.39 is 13.7 Å². The highest BCUT2D eigenvalue weighted by molar-refractivity contribution is 7.47. The molecular weight excluding hydrogens is 273 g/mol. The van der Waals surface area contributed by atoms with Gasteiger partial charge < -0.3 is 9.63 Å². The Balaban J connectivity index is 2.40. The van der Waals surface area contributed by atoms with E-state index in [4.69, 9.17) is 9.26 Å². The minimum Gasteiger partial charge on any atom is -0.497 e. The molecule has 106 valence electrons. The van der Waals surface area contributed by atoms with Crippen LogP contribution in [0.25, 0.3) is 0 Å². The van der Waals surface area contributed by atoms with Crippen LogP contribution >= 0.6 is 7.82 Å². The second-order valence-corrected chi connectivity index (χ2v) is 5.03. The molecule has 2 N–H and O–H groups in total. The maximum Gasteiger partial charge on any atom is 0.493 e. The number of phosphoric ester groups is 1. The van der Waals surface area contributed by atoms with Gasteiger partial charge in [0.2, 0.25) is 5.91 Å². The third-order valence-corrected chi connectivity index (χ3v) is 2.91. The number of ether oxygens (including phenoxy) is 1. The predicted molar refractivity (Wildman–Crippen MR) is 67.4 cm³/mol. The minimum atomic E-state index is -4.27. The Hall–Kier alpha value is -1.40. The average Bonchev–Trinajstić information content (AvgIpc) is 2.37. The fourth-order valence-electron chi connectivity index (χ4n) is 1.26. The number of amides is 1. The van der Waals surface area contributed by atoms with Crippen LogP contribution in [-0.4, -0.2) is 24.5 Å². The van der Waals surface area contributed by atoms with Gasteiger partial charge in [0.25, 0.3) is 0 Å². The van der Waals surface area contributed by atoms with E-state index in [1.54, 1.807) is 30.8 Å². The summed E-state index contributed by atoms with van der Waals surface area (Å²) in [5.41, 5.74) is 2.64. The van der Waals surface area contributed by atoms with Crippen molar-refractivity contribution < 1.29 is 28.1 Å². The number of rotatable bonds is 7. The van der Waals surface area contributed by atoms with Crippen LogP contribution in [0, 0.1) is 0 Å². The average molecular weight is 289 g/mol. The smallest absolute Gasteiger partial charge is 0.493 e. The molecular formula is C11H16NO6P. The van der Waals surface area contributed by atoms with Gasteiger partial charge in [0.05, 0.1) is 13.7 Å². The quantitative estimate of drug-likeness (QED) is 0.582. The summed E-state index contributed by atoms with van der Waals surface area (Å²) in [6, 6.07) is 7.23. The summed E-state index contributed by atoms with van der Waals surface area (Å²) in [5.74, 6) is 0.102. The van der Waals surface area contributed by atoms with Crippen molar-refractivity contribution in [2.75, 3.05) is 13.7 Å². The van der Waals surface area contributed by atoms with Crippen LogP contribution in [0.1, 0.15) is 12.5 Å². The summed E-state index contributed by atoms with van der Waals surface area (Å²) in [5, 5.41) is 0. The molecule has 0 aliphatic carbocycles. The SMILES string of the molecule is COc1cccc(CCOP(=O)(O)ONC(C)=O)c1. The van der Waals surface area contributed by atoms with Gasteiger partial charge in [-0.3, -0.25) is 9.32 Å². The Morgan fingerprint density at radius 3 is 2.84 bits per heavy atom. The van der Waals surface area contributed by atoms with E-state index in [1.165, 1.54) is 0 Å². The summed E-state index contributed by atoms with van der Waals surface area (Å²) < 4.78 is 25.3. The highest BCUT2D eigenvalue weighted by Gasteiger charge is 2.21. The van der Waals surface area contributed by atoms with Crippen LogP contribution in [0.2, 0.25) is 0 Å². The van der Waals surface area contributed by atoms with E-state index in [9.17, 15) is 14.3 Å². The highest BCUT2D eigenvalue weighted by atomic mass is 31.2. The molecule has 1 amide bonds. The van der Waals surface area contributed by atoms with Gasteiger partial charge in [-0.05, 0) is 24.1 Å². The van der Waals surface area contributed by atoms with Crippen LogP contribution in [0.5, 0.6) is 5.75 Å². The lowest BCUT2D eigenvalue weighted by Crippen LogP contribution is -2.19. The van der Waals surface area contributed by atoms with Gasteiger partial charge in [-0.2, -0.15) is 4.62 Å². The number of carbonyl (C=O) groups excluding carboxylic acids is 1. The molecule has 0 saturated heterocycles. The zero-order valence-corrected chi connectivity index (χ0v) is 11.6. The third-order valence-electron chi connectivity index (χ3n) is 2.08. The molecule has 1 rings (SSSR count). The lowest BCUT2D eigenvalue weighted by molar-refractivity contribution is -0.126. The Morgan fingerprint density at radius 2 is 2.21 bits per heavy atom. The number of benzene rings is 1. The number of hydroxylamine groups is 1. The molecule has 0 radical (unpaired) electrons. The topological polar surface area (TPSA) is 94.1 Å². The lowest BCUT2D eigenvalue weighted by Gasteiger charge is -2.11. The molecule has 0 fully saturated rings. The van der Waals surface area contributed by atoms with E-state index in [0.29, 0.717) is 12.2 Å². The number of carbonyl (C=O) groups is 1. The van der Waals surface area contributed by atoms with Crippen LogP contribution in [0.3, 0.4) is 0 Å². The molecule has 8 heteroatoms. The first kappa shape index (κ1) is 15.7. The minimum absolute atomic E-state index is 0.0273. The second kappa shape index (κ2) is 7.25. The summed E-state index contributed by atoms with van der Waals surface area (Å²) in [6.07, 6.45) is 0.408. The normalized spacial score (nSPS) is 13.6. The predicted octanol–water partition coefficient (Wildman–Crippen LogP) is 1.42. The summed E-state index contributed by atoms with van der Waals surface area (Å²) >= 11 is 0. The monoisotopic (exact) mass is 289 g/mol. The molecule has 0 aliphatic rings. The fraction of sp³-hybridized carbons (Fsp3) is 0.364. The van der Waals surface area contributed by atoms with Crippen LogP contribution in [-0.2, 0) is 24.9 Å². The molecule has 1 unspecified atom stereocenters. The van der Waals surface area contributed by atoms with Crippen LogP contribution in [0.4, 0.5) is 0 Å². The van der Waals surface area contributed by atoms with Crippen molar-refractivity contribution in [1.82, 2.24) is 5.48 Å². The molecule has 0 bridgehead atoms. The van der Waals surface area contributed by atoms with E-state index in [0.717, 1.165) is 12.5 Å². The van der Waals surface area contributed by atoms with Gasteiger partial charge in [0.1, 0.15) is 5.75 Å². The van der Waals surface area contributed by atoms with Crippen molar-refractivity contribution in [3.63, 3.8) is 0 Å². The van der Waals surface area contributed by atoms with Crippen LogP contribution < -0.4 is 10.2 Å². The standard InChI is InChI=1S/C11H16NO6P/c1-9(13)12-18-19(14,15)17-7-6-10-4-3-5-11(8-10)16-2/h3-5,8H,6-7H2,1-2H3,(H,12,13)(H,14,15). The van der Waals surface area contributed by atoms with Gasteiger partial charge >= 0.3 is 7.82 Å². The number of hydrogen-bond donors (Lipinski definition) is 2. The first-order valence-corrected chi connectivity index (χ1v) is 6.98. The largest absolute Gasteiger partial charge is 0.497 e. The Bertz CT molecular complexity index is 478. The molecule has 1 atom stereocenters. The zero-order valence-electron chi connectivity index (χ0n) is 10.7. The van der Waals surface area contributed by atoms with Crippen molar-refractivity contribution in [2.45, 2.75) is 13.3 Å². The maximum atomic E-state index is 11.3. The first-order chi connectivity index (χ1) is 8.93. The van der Waals surface area contributed by atoms with Gasteiger partial charge in [-0.25, -0.2) is 10.0 Å². The van der Waals surface area contributed by atoms with E-state index in [2.05, 4.69) is 4.62 Å². The maximum absolute atomic E-state index is 11.3.